The number of pyridine rings is 1. The Labute approximate surface area is 205 Å². The number of carbonyl (C=O) groups is 3. The molecule has 0 saturated heterocycles. The molecule has 0 atom stereocenters. The van der Waals surface area contributed by atoms with Gasteiger partial charge >= 0.3 is 5.97 Å². The summed E-state index contributed by atoms with van der Waals surface area (Å²) in [7, 11) is 1.83. The van der Waals surface area contributed by atoms with Gasteiger partial charge in [-0.1, -0.05) is 18.2 Å². The molecule has 0 aliphatic carbocycles. The van der Waals surface area contributed by atoms with E-state index in [-0.39, 0.29) is 21.5 Å². The van der Waals surface area contributed by atoms with Gasteiger partial charge in [-0.25, -0.2) is 9.78 Å². The number of para-hydroxylation sites is 1. The van der Waals surface area contributed by atoms with E-state index in [9.17, 15) is 14.4 Å². The molecule has 0 aliphatic heterocycles. The van der Waals surface area contributed by atoms with Crippen LogP contribution in [-0.4, -0.2) is 38.7 Å². The number of nitrogens with zero attached hydrogens (tertiary/aromatic N) is 3. The third-order valence-electron chi connectivity index (χ3n) is 5.62. The van der Waals surface area contributed by atoms with Crippen LogP contribution in [0.15, 0.2) is 36.5 Å². The number of hydrogen-bond donors (Lipinski definition) is 2. The fourth-order valence-electron chi connectivity index (χ4n) is 3.78. The van der Waals surface area contributed by atoms with Crippen molar-refractivity contribution in [2.75, 3.05) is 5.32 Å². The zero-order chi connectivity index (χ0) is 25.4. The van der Waals surface area contributed by atoms with Crippen molar-refractivity contribution in [3.63, 3.8) is 0 Å². The first-order valence-corrected chi connectivity index (χ1v) is 11.7. The van der Waals surface area contributed by atoms with E-state index in [1.807, 2.05) is 32.2 Å². The molecule has 0 spiro atoms. The largest absolute Gasteiger partial charge is 0.459 e. The lowest BCUT2D eigenvalue weighted by Crippen LogP contribution is -2.17. The van der Waals surface area contributed by atoms with E-state index in [1.165, 1.54) is 0 Å². The summed E-state index contributed by atoms with van der Waals surface area (Å²) in [5.41, 5.74) is 9.29. The number of thiophene rings is 1. The zero-order valence-corrected chi connectivity index (χ0v) is 20.8. The van der Waals surface area contributed by atoms with Gasteiger partial charge < -0.3 is 15.8 Å². The molecular formula is C25H25N5O4S. The van der Waals surface area contributed by atoms with Gasteiger partial charge in [0.1, 0.15) is 5.00 Å². The zero-order valence-electron chi connectivity index (χ0n) is 20.0. The van der Waals surface area contributed by atoms with Gasteiger partial charge in [0.25, 0.3) is 11.8 Å². The Morgan fingerprint density at radius 3 is 2.51 bits per heavy atom. The lowest BCUT2D eigenvalue weighted by Gasteiger charge is -2.12. The van der Waals surface area contributed by atoms with Crippen molar-refractivity contribution < 1.29 is 19.1 Å². The lowest BCUT2D eigenvalue weighted by molar-refractivity contribution is 0.0379. The Hall–Kier alpha value is -4.05. The van der Waals surface area contributed by atoms with Crippen molar-refractivity contribution in [2.45, 2.75) is 33.8 Å². The van der Waals surface area contributed by atoms with Crippen molar-refractivity contribution in [2.24, 2.45) is 12.8 Å². The number of nitrogens with two attached hydrogens (primary N) is 1. The number of aryl methyl sites for hydroxylation is 1. The normalized spacial score (nSPS) is 11.1. The maximum Gasteiger partial charge on any atom is 0.341 e. The van der Waals surface area contributed by atoms with Crippen molar-refractivity contribution in [1.82, 2.24) is 14.8 Å². The van der Waals surface area contributed by atoms with Crippen LogP contribution in [0.5, 0.6) is 0 Å². The predicted molar refractivity (Wildman–Crippen MR) is 135 cm³/mol. The third kappa shape index (κ3) is 4.52. The SMILES string of the molecule is Cc1c(C(N)=O)sc(NC(=O)c2cc(-c3cnn(C)c3C)nc3ccccc23)c1C(=O)OC(C)C. The average Bonchev–Trinajstić information content (AvgIpc) is 3.31. The number of fused-ring (bicyclic) bond motifs is 1. The van der Waals surface area contributed by atoms with Crippen LogP contribution >= 0.6 is 11.3 Å². The maximum atomic E-state index is 13.6. The Balaban J connectivity index is 1.82. The Bertz CT molecular complexity index is 1480. The number of amides is 2. The molecule has 0 aliphatic rings. The second-order valence-corrected chi connectivity index (χ2v) is 9.39. The first-order valence-electron chi connectivity index (χ1n) is 10.9. The van der Waals surface area contributed by atoms with Gasteiger partial charge in [0, 0.05) is 23.7 Å². The molecule has 3 heterocycles. The number of rotatable bonds is 6. The van der Waals surface area contributed by atoms with Gasteiger partial charge in [-0.2, -0.15) is 5.10 Å². The lowest BCUT2D eigenvalue weighted by atomic mass is 10.0. The minimum Gasteiger partial charge on any atom is -0.459 e. The highest BCUT2D eigenvalue weighted by Gasteiger charge is 2.27. The first kappa shape index (κ1) is 24.1. The number of aromatic nitrogens is 3. The van der Waals surface area contributed by atoms with E-state index >= 15 is 0 Å². The van der Waals surface area contributed by atoms with Crippen molar-refractivity contribution in [3.8, 4) is 11.3 Å². The maximum absolute atomic E-state index is 13.6. The number of anilines is 1. The molecule has 0 fully saturated rings. The van der Waals surface area contributed by atoms with Gasteiger partial charge in [-0.3, -0.25) is 14.3 Å². The Kier molecular flexibility index (Phi) is 6.40. The van der Waals surface area contributed by atoms with Crippen LogP contribution in [0.25, 0.3) is 22.2 Å². The molecule has 0 unspecified atom stereocenters. The summed E-state index contributed by atoms with van der Waals surface area (Å²) < 4.78 is 7.08. The van der Waals surface area contributed by atoms with E-state index in [0.717, 1.165) is 22.6 Å². The summed E-state index contributed by atoms with van der Waals surface area (Å²) in [4.78, 5) is 43.2. The quantitative estimate of drug-likeness (QED) is 0.388. The summed E-state index contributed by atoms with van der Waals surface area (Å²) in [6.45, 7) is 6.97. The molecule has 2 amide bonds. The van der Waals surface area contributed by atoms with E-state index in [0.29, 0.717) is 27.7 Å². The molecule has 35 heavy (non-hydrogen) atoms. The topological polar surface area (TPSA) is 129 Å². The second kappa shape index (κ2) is 9.30. The summed E-state index contributed by atoms with van der Waals surface area (Å²) >= 11 is 0.948. The summed E-state index contributed by atoms with van der Waals surface area (Å²) in [5, 5.41) is 7.94. The number of carbonyl (C=O) groups excluding carboxylic acids is 3. The molecule has 4 aromatic rings. The van der Waals surface area contributed by atoms with Crippen LogP contribution in [0.4, 0.5) is 5.00 Å². The molecule has 3 N–H and O–H groups in total. The number of nitrogens with one attached hydrogen (secondary N) is 1. The highest BCUT2D eigenvalue weighted by atomic mass is 32.1. The molecule has 0 radical (unpaired) electrons. The van der Waals surface area contributed by atoms with Crippen LogP contribution in [0, 0.1) is 13.8 Å². The number of ether oxygens (including phenoxy) is 1. The van der Waals surface area contributed by atoms with Crippen molar-refractivity contribution >= 4 is 45.0 Å². The van der Waals surface area contributed by atoms with Gasteiger partial charge in [0.05, 0.1) is 39.5 Å². The van der Waals surface area contributed by atoms with E-state index in [4.69, 9.17) is 15.5 Å². The van der Waals surface area contributed by atoms with Crippen LogP contribution in [0.3, 0.4) is 0 Å². The first-order chi connectivity index (χ1) is 16.6. The molecule has 0 saturated carbocycles. The van der Waals surface area contributed by atoms with Gasteiger partial charge in [-0.05, 0) is 45.4 Å². The Morgan fingerprint density at radius 1 is 1.17 bits per heavy atom. The summed E-state index contributed by atoms with van der Waals surface area (Å²) in [5.74, 6) is -1.78. The number of esters is 1. The molecule has 4 rings (SSSR count). The van der Waals surface area contributed by atoms with Gasteiger partial charge in [0.15, 0.2) is 0 Å². The molecule has 3 aromatic heterocycles. The number of hydrogen-bond acceptors (Lipinski definition) is 7. The van der Waals surface area contributed by atoms with E-state index in [1.54, 1.807) is 43.8 Å². The fraction of sp³-hybridized carbons (Fsp3) is 0.240. The smallest absolute Gasteiger partial charge is 0.341 e. The summed E-state index contributed by atoms with van der Waals surface area (Å²) in [6.07, 6.45) is 1.33. The van der Waals surface area contributed by atoms with Crippen LogP contribution in [0.2, 0.25) is 0 Å². The predicted octanol–water partition coefficient (Wildman–Crippen LogP) is 4.23. The fourth-order valence-corrected chi connectivity index (χ4v) is 4.82. The molecule has 10 heteroatoms. The third-order valence-corrected chi connectivity index (χ3v) is 6.84. The van der Waals surface area contributed by atoms with Gasteiger partial charge in [-0.15, -0.1) is 11.3 Å². The second-order valence-electron chi connectivity index (χ2n) is 8.37. The monoisotopic (exact) mass is 491 g/mol. The number of primary amides is 1. The van der Waals surface area contributed by atoms with Crippen LogP contribution in [0.1, 0.15) is 55.5 Å². The Morgan fingerprint density at radius 2 is 1.89 bits per heavy atom. The van der Waals surface area contributed by atoms with Crippen LogP contribution in [-0.2, 0) is 11.8 Å². The minimum absolute atomic E-state index is 0.118. The molecule has 9 nitrogen and oxygen atoms in total. The average molecular weight is 492 g/mol. The van der Waals surface area contributed by atoms with Gasteiger partial charge in [0.2, 0.25) is 0 Å². The van der Waals surface area contributed by atoms with Crippen molar-refractivity contribution in [1.29, 1.82) is 0 Å². The van der Waals surface area contributed by atoms with E-state index in [2.05, 4.69) is 10.4 Å². The minimum atomic E-state index is -0.685. The number of benzene rings is 1. The molecule has 0 bridgehead atoms. The van der Waals surface area contributed by atoms with E-state index < -0.39 is 17.8 Å². The molecular weight excluding hydrogens is 466 g/mol. The highest BCUT2D eigenvalue weighted by molar-refractivity contribution is 7.18. The standard InChI is InChI=1S/C25H25N5O4S/c1-12(2)34-25(33)20-13(3)21(22(26)31)35-24(20)29-23(32)16-10-19(17-11-27-30(5)14(17)4)28-18-9-7-6-8-15(16)18/h6-12H,1-5H3,(H2,26,31)(H,29,32). The molecule has 180 valence electrons. The molecule has 1 aromatic carbocycles. The highest BCUT2D eigenvalue weighted by Crippen LogP contribution is 2.35. The van der Waals surface area contributed by atoms with Crippen molar-refractivity contribution in [3.05, 3.63) is 63.8 Å². The summed E-state index contributed by atoms with van der Waals surface area (Å²) in [6, 6.07) is 9.00. The van der Waals surface area contributed by atoms with Crippen LogP contribution < -0.4 is 11.1 Å².